The van der Waals surface area contributed by atoms with Crippen LogP contribution in [0.3, 0.4) is 0 Å². The Balaban J connectivity index is 2.03. The van der Waals surface area contributed by atoms with Gasteiger partial charge in [-0.25, -0.2) is 0 Å². The molecule has 1 heterocycles. The van der Waals surface area contributed by atoms with Crippen molar-refractivity contribution in [1.29, 1.82) is 0 Å². The number of nitrogens with zero attached hydrogens (tertiary/aromatic N) is 2. The van der Waals surface area contributed by atoms with Crippen LogP contribution in [-0.2, 0) is 16.1 Å². The Morgan fingerprint density at radius 3 is 2.30 bits per heavy atom. The summed E-state index contributed by atoms with van der Waals surface area (Å²) in [6.45, 7) is 3.37. The number of hydrogen-bond acceptors (Lipinski definition) is 8. The van der Waals surface area contributed by atoms with Crippen molar-refractivity contribution in [1.82, 2.24) is 9.80 Å². The van der Waals surface area contributed by atoms with Gasteiger partial charge in [0.1, 0.15) is 36.2 Å². The third-order valence-corrected chi connectivity index (χ3v) is 7.18. The maximum absolute atomic E-state index is 14.3. The Morgan fingerprint density at radius 2 is 1.70 bits per heavy atom. The SMILES string of the molecule is COc1ccc(CN2C[C@H](O)[C@@H](O)[C@H](O)[C@@H](CO)OCCCCN(C(=O)c3ccccc3)[C@@H](C(C)C)C2=O)cc1. The maximum Gasteiger partial charge on any atom is 0.254 e. The Morgan fingerprint density at radius 1 is 1.02 bits per heavy atom. The second-order valence-electron chi connectivity index (χ2n) is 10.5. The minimum atomic E-state index is -1.69. The standard InChI is InChI=1S/C30H42N2O8/c1-20(2)26-30(38)31(17-21-11-13-23(39-3)14-12-21)18-24(34)27(35)28(36)25(19-33)40-16-8-7-15-32(26)29(37)22-9-5-4-6-10-22/h4-6,9-14,20,24-28,33-36H,7-8,15-19H2,1-3H3/t24-,25+,26-,27+,28+/m0/s1. The van der Waals surface area contributed by atoms with E-state index < -0.39 is 37.1 Å². The first-order valence-electron chi connectivity index (χ1n) is 13.7. The molecule has 0 bridgehead atoms. The van der Waals surface area contributed by atoms with Crippen LogP contribution < -0.4 is 4.74 Å². The summed E-state index contributed by atoms with van der Waals surface area (Å²) >= 11 is 0. The lowest BCUT2D eigenvalue weighted by Crippen LogP contribution is -2.57. The van der Waals surface area contributed by atoms with Gasteiger partial charge in [0.05, 0.1) is 13.7 Å². The van der Waals surface area contributed by atoms with Crippen LogP contribution in [0.25, 0.3) is 0 Å². The van der Waals surface area contributed by atoms with E-state index in [1.807, 2.05) is 19.9 Å². The molecule has 1 aliphatic rings. The summed E-state index contributed by atoms with van der Waals surface area (Å²) in [5, 5.41) is 42.1. The quantitative estimate of drug-likeness (QED) is 0.418. The number of methoxy groups -OCH3 is 1. The summed E-state index contributed by atoms with van der Waals surface area (Å²) in [4.78, 5) is 31.0. The number of carbonyl (C=O) groups is 2. The smallest absolute Gasteiger partial charge is 0.254 e. The number of rotatable bonds is 6. The molecular weight excluding hydrogens is 516 g/mol. The third-order valence-electron chi connectivity index (χ3n) is 7.18. The number of benzene rings is 2. The Kier molecular flexibility index (Phi) is 11.9. The highest BCUT2D eigenvalue weighted by molar-refractivity contribution is 5.97. The van der Waals surface area contributed by atoms with Crippen LogP contribution in [0.5, 0.6) is 5.75 Å². The van der Waals surface area contributed by atoms with Gasteiger partial charge in [0.15, 0.2) is 0 Å². The van der Waals surface area contributed by atoms with E-state index in [4.69, 9.17) is 9.47 Å². The second kappa shape index (κ2) is 15.1. The number of aliphatic hydroxyl groups is 4. The Labute approximate surface area is 235 Å². The predicted octanol–water partition coefficient (Wildman–Crippen LogP) is 1.44. The molecule has 1 aliphatic heterocycles. The molecule has 0 saturated carbocycles. The fourth-order valence-corrected chi connectivity index (χ4v) is 4.92. The summed E-state index contributed by atoms with van der Waals surface area (Å²) in [6, 6.07) is 15.0. The minimum absolute atomic E-state index is 0.0826. The predicted molar refractivity (Wildman–Crippen MR) is 149 cm³/mol. The summed E-state index contributed by atoms with van der Waals surface area (Å²) < 4.78 is 10.9. The molecule has 0 aromatic heterocycles. The van der Waals surface area contributed by atoms with E-state index in [9.17, 15) is 30.0 Å². The fraction of sp³-hybridized carbons (Fsp3) is 0.533. The van der Waals surface area contributed by atoms with Crippen molar-refractivity contribution in [2.75, 3.05) is 33.4 Å². The zero-order valence-corrected chi connectivity index (χ0v) is 23.4. The molecule has 10 nitrogen and oxygen atoms in total. The van der Waals surface area contributed by atoms with Crippen molar-refractivity contribution < 1.29 is 39.5 Å². The van der Waals surface area contributed by atoms with Gasteiger partial charge in [0.25, 0.3) is 5.91 Å². The van der Waals surface area contributed by atoms with Crippen molar-refractivity contribution in [3.8, 4) is 5.75 Å². The van der Waals surface area contributed by atoms with Gasteiger partial charge in [0.2, 0.25) is 5.91 Å². The van der Waals surface area contributed by atoms with Crippen LogP contribution in [-0.4, -0.2) is 106 Å². The first-order chi connectivity index (χ1) is 19.2. The first-order valence-corrected chi connectivity index (χ1v) is 13.7. The molecule has 1 fully saturated rings. The average Bonchev–Trinajstić information content (AvgIpc) is 2.96. The van der Waals surface area contributed by atoms with Crippen molar-refractivity contribution in [2.45, 2.75) is 63.7 Å². The molecule has 0 spiro atoms. The molecule has 2 aromatic carbocycles. The molecule has 2 amide bonds. The highest BCUT2D eigenvalue weighted by atomic mass is 16.5. The van der Waals surface area contributed by atoms with Gasteiger partial charge >= 0.3 is 0 Å². The van der Waals surface area contributed by atoms with E-state index >= 15 is 0 Å². The average molecular weight is 559 g/mol. The topological polar surface area (TPSA) is 140 Å². The van der Waals surface area contributed by atoms with Crippen LogP contribution in [0.15, 0.2) is 54.6 Å². The molecule has 3 rings (SSSR count). The monoisotopic (exact) mass is 558 g/mol. The van der Waals surface area contributed by atoms with Crippen LogP contribution in [0.4, 0.5) is 0 Å². The molecule has 0 radical (unpaired) electrons. The van der Waals surface area contributed by atoms with Gasteiger partial charge < -0.3 is 39.7 Å². The number of β-amino-alcohol motifs (C(OH)–C–C–N with tert-alkyl or cyclic N) is 1. The van der Waals surface area contributed by atoms with Crippen LogP contribution in [0.2, 0.25) is 0 Å². The minimum Gasteiger partial charge on any atom is -0.497 e. The largest absolute Gasteiger partial charge is 0.497 e. The number of hydrogen-bond donors (Lipinski definition) is 4. The van der Waals surface area contributed by atoms with Gasteiger partial charge in [-0.2, -0.15) is 0 Å². The number of amides is 2. The van der Waals surface area contributed by atoms with Gasteiger partial charge in [-0.1, -0.05) is 44.2 Å². The van der Waals surface area contributed by atoms with E-state index in [-0.39, 0.29) is 44.0 Å². The molecule has 4 N–H and O–H groups in total. The second-order valence-corrected chi connectivity index (χ2v) is 10.5. The molecule has 40 heavy (non-hydrogen) atoms. The summed E-state index contributed by atoms with van der Waals surface area (Å²) in [5.74, 6) is -0.296. The van der Waals surface area contributed by atoms with Gasteiger partial charge in [-0.15, -0.1) is 0 Å². The van der Waals surface area contributed by atoms with Crippen LogP contribution in [0.1, 0.15) is 42.6 Å². The molecule has 220 valence electrons. The van der Waals surface area contributed by atoms with Crippen molar-refractivity contribution in [3.05, 3.63) is 65.7 Å². The van der Waals surface area contributed by atoms with Crippen molar-refractivity contribution in [2.24, 2.45) is 5.92 Å². The lowest BCUT2D eigenvalue weighted by Gasteiger charge is -2.39. The molecule has 1 saturated heterocycles. The summed E-state index contributed by atoms with van der Waals surface area (Å²) in [5.41, 5.74) is 1.21. The normalized spacial score (nSPS) is 25.5. The molecular formula is C30H42N2O8. The molecule has 5 atom stereocenters. The van der Waals surface area contributed by atoms with Gasteiger partial charge in [0, 0.05) is 31.8 Å². The third kappa shape index (κ3) is 8.02. The highest BCUT2D eigenvalue weighted by Gasteiger charge is 2.39. The number of ether oxygens (including phenoxy) is 2. The first kappa shape index (κ1) is 31.5. The van der Waals surface area contributed by atoms with Crippen molar-refractivity contribution in [3.63, 3.8) is 0 Å². The summed E-state index contributed by atoms with van der Waals surface area (Å²) in [7, 11) is 1.55. The lowest BCUT2D eigenvalue weighted by molar-refractivity contribution is -0.151. The fourth-order valence-electron chi connectivity index (χ4n) is 4.92. The zero-order chi connectivity index (χ0) is 29.2. The number of aliphatic hydroxyl groups excluding tert-OH is 4. The highest BCUT2D eigenvalue weighted by Crippen LogP contribution is 2.22. The van der Waals surface area contributed by atoms with E-state index in [2.05, 4.69) is 0 Å². The van der Waals surface area contributed by atoms with Gasteiger partial charge in [-0.3, -0.25) is 9.59 Å². The Bertz CT molecular complexity index is 1070. The zero-order valence-electron chi connectivity index (χ0n) is 23.4. The lowest BCUT2D eigenvalue weighted by atomic mass is 9.97. The van der Waals surface area contributed by atoms with E-state index in [1.165, 1.54) is 4.90 Å². The Hall–Kier alpha value is -3.02. The van der Waals surface area contributed by atoms with E-state index in [0.29, 0.717) is 24.2 Å². The molecule has 10 heteroatoms. The number of carbonyl (C=O) groups excluding carboxylic acids is 2. The molecule has 0 unspecified atom stereocenters. The van der Waals surface area contributed by atoms with E-state index in [0.717, 1.165) is 5.56 Å². The van der Waals surface area contributed by atoms with Crippen LogP contribution >= 0.6 is 0 Å². The summed E-state index contributed by atoms with van der Waals surface area (Å²) in [6.07, 6.45) is -4.95. The molecule has 0 aliphatic carbocycles. The van der Waals surface area contributed by atoms with Crippen molar-refractivity contribution >= 4 is 11.8 Å². The molecule has 2 aromatic rings. The maximum atomic E-state index is 14.3. The van der Waals surface area contributed by atoms with E-state index in [1.54, 1.807) is 60.5 Å². The van der Waals surface area contributed by atoms with Crippen LogP contribution in [0, 0.1) is 5.92 Å². The van der Waals surface area contributed by atoms with Gasteiger partial charge in [-0.05, 0) is 48.6 Å².